The Labute approximate surface area is 175 Å². The van der Waals surface area contributed by atoms with Crippen LogP contribution in [0.4, 0.5) is 8.78 Å². The predicted octanol–water partition coefficient (Wildman–Crippen LogP) is 3.11. The fraction of sp³-hybridized carbons (Fsp3) is 0.391. The van der Waals surface area contributed by atoms with Gasteiger partial charge in [-0.3, -0.25) is 14.5 Å². The first-order valence-corrected chi connectivity index (χ1v) is 10.3. The number of carbonyl (C=O) groups excluding carboxylic acids is 2. The Bertz CT molecular complexity index is 861. The number of hydrogen-bond donors (Lipinski definition) is 2. The maximum atomic E-state index is 13.6. The predicted molar refractivity (Wildman–Crippen MR) is 111 cm³/mol. The molecule has 1 atom stereocenters. The SMILES string of the molecule is O=C(CCNC(=O)c1ccc(F)cc1F)NCC1CCCN(Cc2ccccc2)C1. The Kier molecular flexibility index (Phi) is 7.90. The maximum absolute atomic E-state index is 13.6. The third kappa shape index (κ3) is 6.62. The molecule has 5 nitrogen and oxygen atoms in total. The van der Waals surface area contributed by atoms with Crippen molar-refractivity contribution in [2.45, 2.75) is 25.8 Å². The number of nitrogens with zero attached hydrogens (tertiary/aromatic N) is 1. The lowest BCUT2D eigenvalue weighted by Gasteiger charge is -2.32. The number of rotatable bonds is 8. The van der Waals surface area contributed by atoms with E-state index >= 15 is 0 Å². The summed E-state index contributed by atoms with van der Waals surface area (Å²) in [5.74, 6) is -2.09. The lowest BCUT2D eigenvalue weighted by molar-refractivity contribution is -0.121. The van der Waals surface area contributed by atoms with Crippen molar-refractivity contribution in [3.8, 4) is 0 Å². The van der Waals surface area contributed by atoms with Gasteiger partial charge in [0.2, 0.25) is 5.91 Å². The van der Waals surface area contributed by atoms with Crippen LogP contribution < -0.4 is 10.6 Å². The van der Waals surface area contributed by atoms with Crippen molar-refractivity contribution >= 4 is 11.8 Å². The molecule has 2 aromatic rings. The van der Waals surface area contributed by atoms with Crippen LogP contribution in [0.2, 0.25) is 0 Å². The lowest BCUT2D eigenvalue weighted by atomic mass is 9.97. The van der Waals surface area contributed by atoms with Gasteiger partial charge in [-0.05, 0) is 43.0 Å². The van der Waals surface area contributed by atoms with E-state index in [-0.39, 0.29) is 24.4 Å². The zero-order valence-corrected chi connectivity index (χ0v) is 16.9. The van der Waals surface area contributed by atoms with Gasteiger partial charge >= 0.3 is 0 Å². The van der Waals surface area contributed by atoms with Crippen molar-refractivity contribution in [2.75, 3.05) is 26.2 Å². The van der Waals surface area contributed by atoms with Gasteiger partial charge in [0, 0.05) is 38.7 Å². The number of carbonyl (C=O) groups is 2. The highest BCUT2D eigenvalue weighted by Crippen LogP contribution is 2.18. The highest BCUT2D eigenvalue weighted by atomic mass is 19.1. The fourth-order valence-electron chi connectivity index (χ4n) is 3.71. The van der Waals surface area contributed by atoms with E-state index < -0.39 is 17.5 Å². The van der Waals surface area contributed by atoms with Crippen molar-refractivity contribution in [3.05, 3.63) is 71.3 Å². The molecule has 1 unspecified atom stereocenters. The molecule has 3 rings (SSSR count). The molecular formula is C23H27F2N3O2. The lowest BCUT2D eigenvalue weighted by Crippen LogP contribution is -2.41. The quantitative estimate of drug-likeness (QED) is 0.697. The second-order valence-corrected chi connectivity index (χ2v) is 7.66. The molecule has 30 heavy (non-hydrogen) atoms. The third-order valence-corrected chi connectivity index (χ3v) is 5.25. The Balaban J connectivity index is 1.35. The molecule has 0 spiro atoms. The zero-order valence-electron chi connectivity index (χ0n) is 16.9. The number of piperidine rings is 1. The summed E-state index contributed by atoms with van der Waals surface area (Å²) < 4.78 is 26.5. The molecule has 1 aliphatic rings. The Morgan fingerprint density at radius 2 is 1.87 bits per heavy atom. The van der Waals surface area contributed by atoms with E-state index in [4.69, 9.17) is 0 Å². The van der Waals surface area contributed by atoms with Gasteiger partial charge < -0.3 is 10.6 Å². The van der Waals surface area contributed by atoms with E-state index in [1.165, 1.54) is 5.56 Å². The first-order chi connectivity index (χ1) is 14.5. The van der Waals surface area contributed by atoms with Crippen LogP contribution >= 0.6 is 0 Å². The van der Waals surface area contributed by atoms with E-state index in [0.717, 1.165) is 44.6 Å². The van der Waals surface area contributed by atoms with Crippen LogP contribution in [0.25, 0.3) is 0 Å². The first-order valence-electron chi connectivity index (χ1n) is 10.3. The zero-order chi connectivity index (χ0) is 21.3. The van der Waals surface area contributed by atoms with E-state index in [1.807, 2.05) is 18.2 Å². The monoisotopic (exact) mass is 415 g/mol. The molecule has 1 heterocycles. The molecule has 0 aromatic heterocycles. The summed E-state index contributed by atoms with van der Waals surface area (Å²) in [6, 6.07) is 13.1. The van der Waals surface area contributed by atoms with Crippen molar-refractivity contribution in [1.29, 1.82) is 0 Å². The topological polar surface area (TPSA) is 61.4 Å². The molecule has 7 heteroatoms. The molecule has 1 fully saturated rings. The molecule has 0 radical (unpaired) electrons. The van der Waals surface area contributed by atoms with Crippen LogP contribution in [-0.4, -0.2) is 42.9 Å². The molecular weight excluding hydrogens is 388 g/mol. The molecule has 2 amide bonds. The van der Waals surface area contributed by atoms with Crippen LogP contribution in [0.5, 0.6) is 0 Å². The second kappa shape index (κ2) is 10.8. The van der Waals surface area contributed by atoms with E-state index in [2.05, 4.69) is 27.7 Å². The normalized spacial score (nSPS) is 16.8. The third-order valence-electron chi connectivity index (χ3n) is 5.25. The summed E-state index contributed by atoms with van der Waals surface area (Å²) >= 11 is 0. The number of benzene rings is 2. The first kappa shape index (κ1) is 21.9. The highest BCUT2D eigenvalue weighted by Gasteiger charge is 2.20. The summed E-state index contributed by atoms with van der Waals surface area (Å²) in [7, 11) is 0. The van der Waals surface area contributed by atoms with Gasteiger partial charge in [0.05, 0.1) is 5.56 Å². The van der Waals surface area contributed by atoms with E-state index in [0.29, 0.717) is 18.5 Å². The summed E-state index contributed by atoms with van der Waals surface area (Å²) in [5.41, 5.74) is 1.05. The molecule has 160 valence electrons. The standard InChI is InChI=1S/C23H27F2N3O2/c24-19-8-9-20(21(25)13-19)23(30)26-11-10-22(29)27-14-18-7-4-12-28(16-18)15-17-5-2-1-3-6-17/h1-3,5-6,8-9,13,18H,4,7,10-12,14-16H2,(H,26,30)(H,27,29). The molecule has 1 aliphatic heterocycles. The van der Waals surface area contributed by atoms with Crippen LogP contribution in [0.15, 0.2) is 48.5 Å². The van der Waals surface area contributed by atoms with Crippen molar-refractivity contribution in [1.82, 2.24) is 15.5 Å². The van der Waals surface area contributed by atoms with Crippen molar-refractivity contribution in [2.24, 2.45) is 5.92 Å². The van der Waals surface area contributed by atoms with Crippen LogP contribution in [0.3, 0.4) is 0 Å². The van der Waals surface area contributed by atoms with Gasteiger partial charge in [0.15, 0.2) is 0 Å². The van der Waals surface area contributed by atoms with E-state index in [1.54, 1.807) is 0 Å². The second-order valence-electron chi connectivity index (χ2n) is 7.66. The number of nitrogens with one attached hydrogen (secondary N) is 2. The van der Waals surface area contributed by atoms with Gasteiger partial charge in [-0.15, -0.1) is 0 Å². The average Bonchev–Trinajstić information content (AvgIpc) is 2.73. The molecule has 2 N–H and O–H groups in total. The summed E-state index contributed by atoms with van der Waals surface area (Å²) in [5, 5.41) is 5.42. The van der Waals surface area contributed by atoms with Gasteiger partial charge in [-0.25, -0.2) is 8.78 Å². The minimum absolute atomic E-state index is 0.0896. The van der Waals surface area contributed by atoms with Crippen molar-refractivity contribution in [3.63, 3.8) is 0 Å². The summed E-state index contributed by atoms with van der Waals surface area (Å²) in [4.78, 5) is 26.4. The van der Waals surface area contributed by atoms with Gasteiger partial charge in [-0.1, -0.05) is 30.3 Å². The highest BCUT2D eigenvalue weighted by molar-refractivity contribution is 5.94. The molecule has 0 bridgehead atoms. The number of likely N-dealkylation sites (tertiary alicyclic amines) is 1. The van der Waals surface area contributed by atoms with Gasteiger partial charge in [-0.2, -0.15) is 0 Å². The van der Waals surface area contributed by atoms with Gasteiger partial charge in [0.25, 0.3) is 5.91 Å². The fourth-order valence-corrected chi connectivity index (χ4v) is 3.71. The van der Waals surface area contributed by atoms with E-state index in [9.17, 15) is 18.4 Å². The minimum atomic E-state index is -0.922. The largest absolute Gasteiger partial charge is 0.356 e. The van der Waals surface area contributed by atoms with Crippen LogP contribution in [0, 0.1) is 17.6 Å². The van der Waals surface area contributed by atoms with Gasteiger partial charge in [0.1, 0.15) is 11.6 Å². The smallest absolute Gasteiger partial charge is 0.254 e. The molecule has 1 saturated heterocycles. The van der Waals surface area contributed by atoms with Crippen LogP contribution in [-0.2, 0) is 11.3 Å². The molecule has 0 saturated carbocycles. The number of hydrogen-bond acceptors (Lipinski definition) is 3. The molecule has 0 aliphatic carbocycles. The summed E-state index contributed by atoms with van der Waals surface area (Å²) in [6.07, 6.45) is 2.29. The Hall–Kier alpha value is -2.80. The average molecular weight is 415 g/mol. The number of halogens is 2. The van der Waals surface area contributed by atoms with Crippen LogP contribution in [0.1, 0.15) is 35.2 Å². The molecule has 2 aromatic carbocycles. The Morgan fingerprint density at radius 1 is 1.07 bits per heavy atom. The van der Waals surface area contributed by atoms with Crippen molar-refractivity contribution < 1.29 is 18.4 Å². The Morgan fingerprint density at radius 3 is 2.63 bits per heavy atom. The maximum Gasteiger partial charge on any atom is 0.254 e. The summed E-state index contributed by atoms with van der Waals surface area (Å²) in [6.45, 7) is 3.61. The number of amides is 2. The minimum Gasteiger partial charge on any atom is -0.356 e.